The molecule has 0 aliphatic carbocycles. The van der Waals surface area contributed by atoms with Crippen molar-refractivity contribution in [2.45, 2.75) is 50.9 Å². The molecule has 4 rings (SSSR count). The van der Waals surface area contributed by atoms with Gasteiger partial charge in [-0.3, -0.25) is 24.6 Å². The van der Waals surface area contributed by atoms with E-state index < -0.39 is 35.4 Å². The summed E-state index contributed by atoms with van der Waals surface area (Å²) in [5.41, 5.74) is -0.309. The predicted octanol–water partition coefficient (Wildman–Crippen LogP) is 1.24. The summed E-state index contributed by atoms with van der Waals surface area (Å²) in [6.07, 6.45) is -0.299. The van der Waals surface area contributed by atoms with Crippen LogP contribution in [0.2, 0.25) is 5.02 Å². The Morgan fingerprint density at radius 2 is 1.96 bits per heavy atom. The summed E-state index contributed by atoms with van der Waals surface area (Å²) in [6, 6.07) is 4.00. The molecule has 0 bridgehead atoms. The number of carbonyl (C=O) groups is 3. The highest BCUT2D eigenvalue weighted by Gasteiger charge is 2.71. The first-order valence-electron chi connectivity index (χ1n) is 9.18. The van der Waals surface area contributed by atoms with E-state index >= 15 is 0 Å². The fourth-order valence-electron chi connectivity index (χ4n) is 4.76. The number of imide groups is 1. The molecular formula is C19H22ClN3O4. The number of benzene rings is 1. The fourth-order valence-corrected chi connectivity index (χ4v) is 4.93. The first kappa shape index (κ1) is 18.4. The van der Waals surface area contributed by atoms with Gasteiger partial charge in [0.1, 0.15) is 5.54 Å². The standard InChI is InChI=1S/C19H22ClN3O4/c1-4-8(2)23-16(25)13-14(17(23)26)19(22-15(13)9(3)24)11-7-10(20)5-6-12(11)21-18(19)27/h5-9,13-15,22,24H,4H2,1-3H3,(H,21,27)/t8-,9-,13+,14+,15-,19-/m1/s1. The normalized spacial score (nSPS) is 34.0. The van der Waals surface area contributed by atoms with Crippen molar-refractivity contribution in [3.05, 3.63) is 28.8 Å². The molecule has 3 aliphatic heterocycles. The van der Waals surface area contributed by atoms with Crippen LogP contribution >= 0.6 is 11.6 Å². The Labute approximate surface area is 162 Å². The van der Waals surface area contributed by atoms with Crippen molar-refractivity contribution in [1.29, 1.82) is 0 Å². The number of amides is 3. The molecule has 3 heterocycles. The molecule has 7 nitrogen and oxygen atoms in total. The van der Waals surface area contributed by atoms with Crippen LogP contribution in [0.15, 0.2) is 18.2 Å². The average Bonchev–Trinajstić information content (AvgIpc) is 3.20. The predicted molar refractivity (Wildman–Crippen MR) is 99.0 cm³/mol. The summed E-state index contributed by atoms with van der Waals surface area (Å²) in [4.78, 5) is 40.8. The summed E-state index contributed by atoms with van der Waals surface area (Å²) in [5.74, 6) is -2.83. The van der Waals surface area contributed by atoms with Crippen LogP contribution in [-0.4, -0.2) is 45.9 Å². The monoisotopic (exact) mass is 391 g/mol. The van der Waals surface area contributed by atoms with Gasteiger partial charge in [-0.25, -0.2) is 0 Å². The molecule has 2 saturated heterocycles. The first-order valence-corrected chi connectivity index (χ1v) is 9.56. The number of halogens is 1. The zero-order valence-corrected chi connectivity index (χ0v) is 16.1. The lowest BCUT2D eigenvalue weighted by atomic mass is 9.76. The second-order valence-corrected chi connectivity index (χ2v) is 8.11. The topological polar surface area (TPSA) is 98.7 Å². The number of nitrogens with zero attached hydrogens (tertiary/aromatic N) is 1. The minimum absolute atomic E-state index is 0.273. The lowest BCUT2D eigenvalue weighted by Crippen LogP contribution is -2.55. The minimum Gasteiger partial charge on any atom is -0.392 e. The molecule has 3 amide bonds. The van der Waals surface area contributed by atoms with Gasteiger partial charge in [0.25, 0.3) is 0 Å². The van der Waals surface area contributed by atoms with E-state index in [4.69, 9.17) is 11.6 Å². The molecule has 6 atom stereocenters. The number of aliphatic hydroxyl groups excluding tert-OH is 1. The summed E-state index contributed by atoms with van der Waals surface area (Å²) in [5, 5.41) is 16.7. The maximum absolute atomic E-state index is 13.3. The quantitative estimate of drug-likeness (QED) is 0.673. The summed E-state index contributed by atoms with van der Waals surface area (Å²) in [6.45, 7) is 5.27. The van der Waals surface area contributed by atoms with Gasteiger partial charge in [-0.2, -0.15) is 0 Å². The Morgan fingerprint density at radius 3 is 2.59 bits per heavy atom. The summed E-state index contributed by atoms with van der Waals surface area (Å²) in [7, 11) is 0. The largest absolute Gasteiger partial charge is 0.392 e. The van der Waals surface area contributed by atoms with E-state index in [0.717, 1.165) is 0 Å². The molecular weight excluding hydrogens is 370 g/mol. The van der Waals surface area contributed by atoms with Gasteiger partial charge < -0.3 is 10.4 Å². The van der Waals surface area contributed by atoms with Gasteiger partial charge in [0.2, 0.25) is 17.7 Å². The van der Waals surface area contributed by atoms with E-state index in [1.165, 1.54) is 4.90 Å². The lowest BCUT2D eigenvalue weighted by molar-refractivity contribution is -0.145. The Kier molecular flexibility index (Phi) is 4.10. The summed E-state index contributed by atoms with van der Waals surface area (Å²) < 4.78 is 0. The van der Waals surface area contributed by atoms with E-state index in [9.17, 15) is 19.5 Å². The van der Waals surface area contributed by atoms with Crippen LogP contribution in [0.5, 0.6) is 0 Å². The smallest absolute Gasteiger partial charge is 0.250 e. The van der Waals surface area contributed by atoms with E-state index in [2.05, 4.69) is 10.6 Å². The third kappa shape index (κ3) is 2.25. The molecule has 0 saturated carbocycles. The highest BCUT2D eigenvalue weighted by molar-refractivity contribution is 6.31. The molecule has 0 aromatic heterocycles. The van der Waals surface area contributed by atoms with Gasteiger partial charge in [-0.15, -0.1) is 0 Å². The number of fused-ring (bicyclic) bond motifs is 4. The zero-order chi connectivity index (χ0) is 19.7. The van der Waals surface area contributed by atoms with E-state index in [0.29, 0.717) is 22.7 Å². The van der Waals surface area contributed by atoms with E-state index in [-0.39, 0.29) is 17.9 Å². The minimum atomic E-state index is -1.42. The average molecular weight is 392 g/mol. The molecule has 1 spiro atoms. The van der Waals surface area contributed by atoms with Gasteiger partial charge >= 0.3 is 0 Å². The molecule has 27 heavy (non-hydrogen) atoms. The Bertz CT molecular complexity index is 857. The van der Waals surface area contributed by atoms with Gasteiger partial charge in [-0.05, 0) is 38.5 Å². The highest BCUT2D eigenvalue weighted by atomic mass is 35.5. The molecule has 8 heteroatoms. The molecule has 2 fully saturated rings. The third-order valence-electron chi connectivity index (χ3n) is 6.20. The van der Waals surface area contributed by atoms with Crippen LogP contribution in [0.3, 0.4) is 0 Å². The molecule has 0 unspecified atom stereocenters. The van der Waals surface area contributed by atoms with Crippen molar-refractivity contribution in [3.63, 3.8) is 0 Å². The Hall–Kier alpha value is -1.96. The Balaban J connectivity index is 1.92. The van der Waals surface area contributed by atoms with E-state index in [1.807, 2.05) is 13.8 Å². The number of hydrogen-bond acceptors (Lipinski definition) is 5. The lowest BCUT2D eigenvalue weighted by Gasteiger charge is -2.31. The van der Waals surface area contributed by atoms with Crippen molar-refractivity contribution in [2.24, 2.45) is 11.8 Å². The van der Waals surface area contributed by atoms with Gasteiger partial charge in [0.05, 0.1) is 17.9 Å². The number of rotatable bonds is 3. The van der Waals surface area contributed by atoms with Crippen molar-refractivity contribution in [3.8, 4) is 0 Å². The number of aliphatic hydroxyl groups is 1. The van der Waals surface area contributed by atoms with Crippen LogP contribution in [-0.2, 0) is 19.9 Å². The number of likely N-dealkylation sites (tertiary alicyclic amines) is 1. The van der Waals surface area contributed by atoms with Crippen LogP contribution in [0.1, 0.15) is 32.8 Å². The van der Waals surface area contributed by atoms with Crippen LogP contribution in [0.25, 0.3) is 0 Å². The van der Waals surface area contributed by atoms with Crippen LogP contribution in [0.4, 0.5) is 5.69 Å². The maximum atomic E-state index is 13.3. The molecule has 1 aromatic carbocycles. The third-order valence-corrected chi connectivity index (χ3v) is 6.43. The molecule has 3 aliphatic rings. The highest BCUT2D eigenvalue weighted by Crippen LogP contribution is 2.54. The number of carbonyl (C=O) groups excluding carboxylic acids is 3. The van der Waals surface area contributed by atoms with E-state index in [1.54, 1.807) is 25.1 Å². The van der Waals surface area contributed by atoms with Crippen molar-refractivity contribution in [2.75, 3.05) is 5.32 Å². The molecule has 3 N–H and O–H groups in total. The SMILES string of the molecule is CC[C@@H](C)N1C(=O)[C@@H]2[C@@H]([C@@H](C)O)N[C@@]3(C(=O)Nc4ccc(Cl)cc43)[C@@H]2C1=O. The fraction of sp³-hybridized carbons (Fsp3) is 0.526. The second-order valence-electron chi connectivity index (χ2n) is 7.67. The number of hydrogen-bond donors (Lipinski definition) is 3. The zero-order valence-electron chi connectivity index (χ0n) is 15.3. The van der Waals surface area contributed by atoms with Gasteiger partial charge in [0, 0.05) is 28.4 Å². The van der Waals surface area contributed by atoms with Crippen molar-refractivity contribution in [1.82, 2.24) is 10.2 Å². The first-order chi connectivity index (χ1) is 12.7. The van der Waals surface area contributed by atoms with Crippen molar-refractivity contribution >= 4 is 35.0 Å². The Morgan fingerprint density at radius 1 is 1.26 bits per heavy atom. The van der Waals surface area contributed by atoms with Gasteiger partial charge in [-0.1, -0.05) is 18.5 Å². The van der Waals surface area contributed by atoms with Crippen molar-refractivity contribution < 1.29 is 19.5 Å². The number of anilines is 1. The molecule has 0 radical (unpaired) electrons. The van der Waals surface area contributed by atoms with Gasteiger partial charge in [0.15, 0.2) is 0 Å². The summed E-state index contributed by atoms with van der Waals surface area (Å²) >= 11 is 6.16. The van der Waals surface area contributed by atoms with Crippen LogP contribution in [0, 0.1) is 11.8 Å². The number of nitrogens with one attached hydrogen (secondary N) is 2. The second kappa shape index (κ2) is 6.02. The molecule has 1 aromatic rings. The maximum Gasteiger partial charge on any atom is 0.250 e. The van der Waals surface area contributed by atoms with Crippen LogP contribution < -0.4 is 10.6 Å². The molecule has 144 valence electrons.